The summed E-state index contributed by atoms with van der Waals surface area (Å²) in [6.07, 6.45) is 4.52. The quantitative estimate of drug-likeness (QED) is 0.685. The highest BCUT2D eigenvalue weighted by Gasteiger charge is 2.08. The van der Waals surface area contributed by atoms with Gasteiger partial charge >= 0.3 is 0 Å². The van der Waals surface area contributed by atoms with Crippen molar-refractivity contribution >= 4 is 40.1 Å². The molecule has 0 unspecified atom stereocenters. The molecule has 0 spiro atoms. The van der Waals surface area contributed by atoms with Crippen molar-refractivity contribution in [1.29, 1.82) is 0 Å². The Morgan fingerprint density at radius 2 is 2.22 bits per heavy atom. The summed E-state index contributed by atoms with van der Waals surface area (Å²) in [5.41, 5.74) is 1.75. The molecule has 2 heterocycles. The number of hydrogen-bond acceptors (Lipinski definition) is 3. The molecule has 18 heavy (non-hydrogen) atoms. The van der Waals surface area contributed by atoms with Gasteiger partial charge in [0.1, 0.15) is 0 Å². The lowest BCUT2D eigenvalue weighted by Gasteiger charge is -2.01. The number of halogens is 1. The van der Waals surface area contributed by atoms with Gasteiger partial charge in [-0.15, -0.1) is 11.3 Å². The number of benzene rings is 1. The Balaban J connectivity index is 2.09. The van der Waals surface area contributed by atoms with E-state index in [0.717, 1.165) is 22.1 Å². The van der Waals surface area contributed by atoms with E-state index in [2.05, 4.69) is 4.98 Å². The van der Waals surface area contributed by atoms with E-state index < -0.39 is 0 Å². The van der Waals surface area contributed by atoms with Gasteiger partial charge in [-0.05, 0) is 6.07 Å². The number of hydrogen-bond donors (Lipinski definition) is 0. The fourth-order valence-corrected chi connectivity index (χ4v) is 3.00. The van der Waals surface area contributed by atoms with Crippen LogP contribution < -0.4 is 0 Å². The molecule has 3 nitrogen and oxygen atoms in total. The van der Waals surface area contributed by atoms with E-state index in [9.17, 15) is 4.79 Å². The van der Waals surface area contributed by atoms with Crippen molar-refractivity contribution in [3.05, 3.63) is 51.6 Å². The Hall–Kier alpha value is -1.65. The molecule has 0 aliphatic carbocycles. The highest BCUT2D eigenvalue weighted by molar-refractivity contribution is 7.15. The fourth-order valence-electron chi connectivity index (χ4n) is 2.02. The van der Waals surface area contributed by atoms with Crippen LogP contribution in [-0.4, -0.2) is 15.8 Å². The van der Waals surface area contributed by atoms with Crippen LogP contribution in [0.5, 0.6) is 0 Å². The van der Waals surface area contributed by atoms with Gasteiger partial charge in [0, 0.05) is 33.7 Å². The standard InChI is InChI=1S/C13H9ClN2OS/c14-13-15-5-10(18-13)7-16-6-9(8-17)11-3-1-2-4-12(11)16/h1-6,8H,7H2. The second kappa shape index (κ2) is 4.55. The molecule has 3 aromatic rings. The molecule has 5 heteroatoms. The van der Waals surface area contributed by atoms with Crippen molar-refractivity contribution in [2.75, 3.05) is 0 Å². The lowest BCUT2D eigenvalue weighted by Crippen LogP contribution is -1.95. The zero-order chi connectivity index (χ0) is 12.5. The van der Waals surface area contributed by atoms with Crippen LogP contribution in [0.15, 0.2) is 36.7 Å². The lowest BCUT2D eigenvalue weighted by atomic mass is 10.2. The number of para-hydroxylation sites is 1. The normalized spacial score (nSPS) is 10.9. The topological polar surface area (TPSA) is 34.9 Å². The maximum Gasteiger partial charge on any atom is 0.183 e. The average molecular weight is 277 g/mol. The van der Waals surface area contributed by atoms with Gasteiger partial charge in [-0.1, -0.05) is 29.8 Å². The first-order valence-electron chi connectivity index (χ1n) is 5.41. The second-order valence-electron chi connectivity index (χ2n) is 3.93. The zero-order valence-corrected chi connectivity index (χ0v) is 10.9. The van der Waals surface area contributed by atoms with Crippen LogP contribution in [0, 0.1) is 0 Å². The molecule has 1 aromatic carbocycles. The summed E-state index contributed by atoms with van der Waals surface area (Å²) >= 11 is 7.27. The van der Waals surface area contributed by atoms with Gasteiger partial charge in [-0.2, -0.15) is 0 Å². The molecule has 0 amide bonds. The smallest absolute Gasteiger partial charge is 0.183 e. The molecule has 2 aromatic heterocycles. The number of rotatable bonds is 3. The third-order valence-electron chi connectivity index (χ3n) is 2.80. The number of nitrogens with zero attached hydrogens (tertiary/aromatic N) is 2. The molecule has 0 fully saturated rings. The van der Waals surface area contributed by atoms with Crippen molar-refractivity contribution in [3.63, 3.8) is 0 Å². The average Bonchev–Trinajstić information content (AvgIpc) is 2.95. The summed E-state index contributed by atoms with van der Waals surface area (Å²) in [7, 11) is 0. The van der Waals surface area contributed by atoms with Crippen LogP contribution in [0.1, 0.15) is 15.2 Å². The molecule has 0 saturated carbocycles. The monoisotopic (exact) mass is 276 g/mol. The van der Waals surface area contributed by atoms with Crippen molar-refractivity contribution in [1.82, 2.24) is 9.55 Å². The van der Waals surface area contributed by atoms with Gasteiger partial charge in [0.05, 0.1) is 6.54 Å². The molecule has 90 valence electrons. The maximum absolute atomic E-state index is 11.0. The number of aromatic nitrogens is 2. The molecular weight excluding hydrogens is 268 g/mol. The fraction of sp³-hybridized carbons (Fsp3) is 0.0769. The van der Waals surface area contributed by atoms with Gasteiger partial charge in [-0.25, -0.2) is 4.98 Å². The van der Waals surface area contributed by atoms with Crippen LogP contribution in [0.25, 0.3) is 10.9 Å². The van der Waals surface area contributed by atoms with Gasteiger partial charge in [0.15, 0.2) is 10.8 Å². The highest BCUT2D eigenvalue weighted by atomic mass is 35.5. The van der Waals surface area contributed by atoms with E-state index in [1.807, 2.05) is 35.0 Å². The predicted octanol–water partition coefficient (Wildman–Crippen LogP) is 3.61. The van der Waals surface area contributed by atoms with E-state index in [-0.39, 0.29) is 0 Å². The summed E-state index contributed by atoms with van der Waals surface area (Å²) in [6, 6.07) is 7.86. The second-order valence-corrected chi connectivity index (χ2v) is 5.62. The first-order chi connectivity index (χ1) is 8.78. The molecule has 0 aliphatic rings. The van der Waals surface area contributed by atoms with Crippen molar-refractivity contribution < 1.29 is 4.79 Å². The molecule has 0 radical (unpaired) electrons. The van der Waals surface area contributed by atoms with Gasteiger partial charge in [0.2, 0.25) is 0 Å². The lowest BCUT2D eigenvalue weighted by molar-refractivity contribution is 0.112. The zero-order valence-electron chi connectivity index (χ0n) is 9.34. The van der Waals surface area contributed by atoms with Crippen LogP contribution in [0.2, 0.25) is 4.47 Å². The minimum atomic E-state index is 0.539. The van der Waals surface area contributed by atoms with Crippen LogP contribution in [0.4, 0.5) is 0 Å². The summed E-state index contributed by atoms with van der Waals surface area (Å²) in [5.74, 6) is 0. The van der Waals surface area contributed by atoms with E-state index in [1.165, 1.54) is 11.3 Å². The largest absolute Gasteiger partial charge is 0.341 e. The Kier molecular flexibility index (Phi) is 2.89. The molecule has 0 atom stereocenters. The highest BCUT2D eigenvalue weighted by Crippen LogP contribution is 2.24. The first-order valence-corrected chi connectivity index (χ1v) is 6.60. The minimum absolute atomic E-state index is 0.539. The van der Waals surface area contributed by atoms with E-state index >= 15 is 0 Å². The van der Waals surface area contributed by atoms with Crippen LogP contribution in [0.3, 0.4) is 0 Å². The minimum Gasteiger partial charge on any atom is -0.341 e. The van der Waals surface area contributed by atoms with E-state index in [4.69, 9.17) is 11.6 Å². The van der Waals surface area contributed by atoms with Crippen LogP contribution >= 0.6 is 22.9 Å². The van der Waals surface area contributed by atoms with Gasteiger partial charge < -0.3 is 4.57 Å². The molecule has 0 N–H and O–H groups in total. The third-order valence-corrected chi connectivity index (χ3v) is 3.90. The molecule has 3 rings (SSSR count). The first kappa shape index (κ1) is 11.4. The van der Waals surface area contributed by atoms with Crippen molar-refractivity contribution in [2.45, 2.75) is 6.54 Å². The van der Waals surface area contributed by atoms with E-state index in [1.54, 1.807) is 6.20 Å². The molecule has 0 saturated heterocycles. The van der Waals surface area contributed by atoms with Crippen molar-refractivity contribution in [3.8, 4) is 0 Å². The Bertz CT molecular complexity index is 717. The van der Waals surface area contributed by atoms with Gasteiger partial charge in [0.25, 0.3) is 0 Å². The van der Waals surface area contributed by atoms with Crippen molar-refractivity contribution in [2.24, 2.45) is 0 Å². The summed E-state index contributed by atoms with van der Waals surface area (Å²) in [6.45, 7) is 0.679. The Labute approximate surface area is 113 Å². The van der Waals surface area contributed by atoms with Crippen LogP contribution in [-0.2, 0) is 6.54 Å². The Morgan fingerprint density at radius 1 is 1.39 bits per heavy atom. The third kappa shape index (κ3) is 1.94. The Morgan fingerprint density at radius 3 is 2.94 bits per heavy atom. The number of carbonyl (C=O) groups excluding carboxylic acids is 1. The molecule has 0 aliphatic heterocycles. The maximum atomic E-state index is 11.0. The summed E-state index contributed by atoms with van der Waals surface area (Å²) in [5, 5.41) is 0.975. The predicted molar refractivity (Wildman–Crippen MR) is 73.6 cm³/mol. The summed E-state index contributed by atoms with van der Waals surface area (Å²) < 4.78 is 2.58. The summed E-state index contributed by atoms with van der Waals surface area (Å²) in [4.78, 5) is 16.1. The SMILES string of the molecule is O=Cc1cn(Cc2cnc(Cl)s2)c2ccccc12. The number of carbonyl (C=O) groups is 1. The number of fused-ring (bicyclic) bond motifs is 1. The molecule has 0 bridgehead atoms. The van der Waals surface area contributed by atoms with Gasteiger partial charge in [-0.3, -0.25) is 4.79 Å². The molecular formula is C13H9ClN2OS. The number of thiazole rings is 1. The van der Waals surface area contributed by atoms with E-state index in [0.29, 0.717) is 16.6 Å². The number of aldehydes is 1.